The Morgan fingerprint density at radius 1 is 1.18 bits per heavy atom. The molecule has 0 aliphatic carbocycles. The van der Waals surface area contributed by atoms with Gasteiger partial charge in [0, 0.05) is 22.2 Å². The summed E-state index contributed by atoms with van der Waals surface area (Å²) >= 11 is 6.10. The molecule has 2 nitrogen and oxygen atoms in total. The smallest absolute Gasteiger partial charge is 0.169 e. The van der Waals surface area contributed by atoms with Crippen molar-refractivity contribution in [2.24, 2.45) is 0 Å². The average Bonchev–Trinajstić information content (AvgIpc) is 2.38. The number of ketones is 1. The van der Waals surface area contributed by atoms with Crippen molar-refractivity contribution in [2.75, 3.05) is 6.61 Å². The summed E-state index contributed by atoms with van der Waals surface area (Å²) in [5.41, 5.74) is 0. The number of hydrogen-bond acceptors (Lipinski definition) is 2. The summed E-state index contributed by atoms with van der Waals surface area (Å²) in [6, 6.07) is 11.3. The van der Waals surface area contributed by atoms with Crippen LogP contribution >= 0.6 is 11.6 Å². The van der Waals surface area contributed by atoms with Crippen LogP contribution in [0.15, 0.2) is 36.4 Å². The zero-order valence-electron chi connectivity index (χ0n) is 9.57. The molecule has 0 fully saturated rings. The highest BCUT2D eigenvalue weighted by Crippen LogP contribution is 2.31. The van der Waals surface area contributed by atoms with Crippen LogP contribution in [0.2, 0.25) is 5.02 Å². The highest BCUT2D eigenvalue weighted by atomic mass is 35.5. The Morgan fingerprint density at radius 2 is 1.88 bits per heavy atom. The third kappa shape index (κ3) is 2.59. The molecule has 88 valence electrons. The zero-order valence-corrected chi connectivity index (χ0v) is 10.3. The van der Waals surface area contributed by atoms with Crippen molar-refractivity contribution in [3.8, 4) is 5.75 Å². The maximum Gasteiger partial charge on any atom is 0.169 e. The lowest BCUT2D eigenvalue weighted by Crippen LogP contribution is -2.09. The second-order valence-corrected chi connectivity index (χ2v) is 4.18. The lowest BCUT2D eigenvalue weighted by molar-refractivity contribution is -0.120. The Balaban J connectivity index is 2.35. The van der Waals surface area contributed by atoms with Crippen LogP contribution in [-0.4, -0.2) is 12.4 Å². The summed E-state index contributed by atoms with van der Waals surface area (Å²) in [4.78, 5) is 11.2. The molecule has 2 aromatic rings. The van der Waals surface area contributed by atoms with Crippen molar-refractivity contribution in [1.29, 1.82) is 0 Å². The van der Waals surface area contributed by atoms with Crippen LogP contribution in [0.25, 0.3) is 10.8 Å². The second-order valence-electron chi connectivity index (χ2n) is 3.77. The van der Waals surface area contributed by atoms with E-state index in [2.05, 4.69) is 0 Å². The number of benzene rings is 2. The molecular formula is C14H13ClO2. The van der Waals surface area contributed by atoms with Crippen LogP contribution in [-0.2, 0) is 4.79 Å². The lowest BCUT2D eigenvalue weighted by atomic mass is 10.1. The molecular weight excluding hydrogens is 236 g/mol. The Hall–Kier alpha value is -1.54. The summed E-state index contributed by atoms with van der Waals surface area (Å²) in [5.74, 6) is 0.788. The number of halogens is 1. The average molecular weight is 249 g/mol. The maximum atomic E-state index is 11.2. The van der Waals surface area contributed by atoms with E-state index in [1.807, 2.05) is 31.2 Å². The Kier molecular flexibility index (Phi) is 3.64. The molecule has 0 aliphatic rings. The zero-order chi connectivity index (χ0) is 12.3. The minimum Gasteiger partial charge on any atom is -0.485 e. The number of fused-ring (bicyclic) bond motifs is 1. The monoisotopic (exact) mass is 248 g/mol. The Morgan fingerprint density at radius 3 is 2.59 bits per heavy atom. The third-order valence-electron chi connectivity index (χ3n) is 2.61. The molecule has 3 heteroatoms. The first-order chi connectivity index (χ1) is 8.22. The standard InChI is InChI=1S/C14H13ClO2/c1-2-10(16)9-17-14-8-7-13(15)11-5-3-4-6-12(11)14/h3-8H,2,9H2,1H3. The molecule has 0 aromatic heterocycles. The molecule has 17 heavy (non-hydrogen) atoms. The molecule has 0 saturated heterocycles. The molecule has 2 rings (SSSR count). The quantitative estimate of drug-likeness (QED) is 0.822. The van der Waals surface area contributed by atoms with Crippen LogP contribution in [0.3, 0.4) is 0 Å². The second kappa shape index (κ2) is 5.19. The van der Waals surface area contributed by atoms with E-state index in [1.165, 1.54) is 0 Å². The minimum atomic E-state index is 0.0871. The van der Waals surface area contributed by atoms with Crippen molar-refractivity contribution >= 4 is 28.2 Å². The fraction of sp³-hybridized carbons (Fsp3) is 0.214. The lowest BCUT2D eigenvalue weighted by Gasteiger charge is -2.09. The van der Waals surface area contributed by atoms with Crippen LogP contribution in [0, 0.1) is 0 Å². The number of hydrogen-bond donors (Lipinski definition) is 0. The van der Waals surface area contributed by atoms with E-state index in [-0.39, 0.29) is 12.4 Å². The number of Topliss-reactive ketones (excluding diaryl/α,β-unsaturated/α-hetero) is 1. The molecule has 0 N–H and O–H groups in total. The van der Waals surface area contributed by atoms with Crippen molar-refractivity contribution in [1.82, 2.24) is 0 Å². The Bertz CT molecular complexity index is 549. The summed E-state index contributed by atoms with van der Waals surface area (Å²) in [6.07, 6.45) is 0.492. The molecule has 0 atom stereocenters. The highest BCUT2D eigenvalue weighted by Gasteiger charge is 2.06. The van der Waals surface area contributed by atoms with E-state index in [9.17, 15) is 4.79 Å². The van der Waals surface area contributed by atoms with Gasteiger partial charge in [-0.3, -0.25) is 4.79 Å². The van der Waals surface area contributed by atoms with Crippen molar-refractivity contribution < 1.29 is 9.53 Å². The first-order valence-corrected chi connectivity index (χ1v) is 5.92. The molecule has 2 aromatic carbocycles. The van der Waals surface area contributed by atoms with Crippen LogP contribution in [0.5, 0.6) is 5.75 Å². The normalized spacial score (nSPS) is 10.5. The molecule has 0 spiro atoms. The first-order valence-electron chi connectivity index (χ1n) is 5.54. The van der Waals surface area contributed by atoms with E-state index in [1.54, 1.807) is 12.1 Å². The van der Waals surface area contributed by atoms with E-state index in [4.69, 9.17) is 16.3 Å². The number of ether oxygens (including phenoxy) is 1. The van der Waals surface area contributed by atoms with Gasteiger partial charge in [0.25, 0.3) is 0 Å². The predicted molar refractivity (Wildman–Crippen MR) is 69.8 cm³/mol. The van der Waals surface area contributed by atoms with Gasteiger partial charge in [-0.15, -0.1) is 0 Å². The van der Waals surface area contributed by atoms with Gasteiger partial charge in [0.1, 0.15) is 12.4 Å². The van der Waals surface area contributed by atoms with E-state index >= 15 is 0 Å². The number of carbonyl (C=O) groups is 1. The summed E-state index contributed by atoms with van der Waals surface area (Å²) in [7, 11) is 0. The molecule has 0 radical (unpaired) electrons. The molecule has 0 saturated carbocycles. The first kappa shape index (κ1) is 11.9. The van der Waals surface area contributed by atoms with Crippen molar-refractivity contribution in [3.63, 3.8) is 0 Å². The predicted octanol–water partition coefficient (Wildman–Crippen LogP) is 3.85. The minimum absolute atomic E-state index is 0.0871. The third-order valence-corrected chi connectivity index (χ3v) is 2.94. The van der Waals surface area contributed by atoms with Gasteiger partial charge in [-0.2, -0.15) is 0 Å². The van der Waals surface area contributed by atoms with Gasteiger partial charge in [-0.1, -0.05) is 42.8 Å². The number of carbonyl (C=O) groups excluding carboxylic acids is 1. The van der Waals surface area contributed by atoms with E-state index < -0.39 is 0 Å². The van der Waals surface area contributed by atoms with Crippen LogP contribution in [0.1, 0.15) is 13.3 Å². The largest absolute Gasteiger partial charge is 0.485 e. The van der Waals surface area contributed by atoms with E-state index in [0.717, 1.165) is 10.8 Å². The molecule has 0 unspecified atom stereocenters. The van der Waals surface area contributed by atoms with Crippen LogP contribution in [0.4, 0.5) is 0 Å². The highest BCUT2D eigenvalue weighted by molar-refractivity contribution is 6.35. The molecule has 0 bridgehead atoms. The fourth-order valence-corrected chi connectivity index (χ4v) is 1.85. The van der Waals surface area contributed by atoms with Gasteiger partial charge in [-0.25, -0.2) is 0 Å². The molecule has 0 amide bonds. The van der Waals surface area contributed by atoms with Crippen molar-refractivity contribution in [3.05, 3.63) is 41.4 Å². The summed E-state index contributed by atoms with van der Waals surface area (Å²) < 4.78 is 5.52. The fourth-order valence-electron chi connectivity index (χ4n) is 1.62. The van der Waals surface area contributed by atoms with Crippen molar-refractivity contribution in [2.45, 2.75) is 13.3 Å². The number of rotatable bonds is 4. The van der Waals surface area contributed by atoms with Gasteiger partial charge in [0.05, 0.1) is 0 Å². The van der Waals surface area contributed by atoms with Gasteiger partial charge in [0.15, 0.2) is 5.78 Å². The van der Waals surface area contributed by atoms with Gasteiger partial charge < -0.3 is 4.74 Å². The van der Waals surface area contributed by atoms with Gasteiger partial charge in [0.2, 0.25) is 0 Å². The summed E-state index contributed by atoms with van der Waals surface area (Å²) in [5, 5.41) is 2.56. The Labute approximate surface area is 105 Å². The van der Waals surface area contributed by atoms with Gasteiger partial charge in [-0.05, 0) is 12.1 Å². The van der Waals surface area contributed by atoms with Crippen LogP contribution < -0.4 is 4.74 Å². The van der Waals surface area contributed by atoms with Gasteiger partial charge >= 0.3 is 0 Å². The van der Waals surface area contributed by atoms with E-state index in [0.29, 0.717) is 17.2 Å². The topological polar surface area (TPSA) is 26.3 Å². The summed E-state index contributed by atoms with van der Waals surface area (Å²) in [6.45, 7) is 1.94. The maximum absolute atomic E-state index is 11.2. The molecule has 0 aliphatic heterocycles. The SMILES string of the molecule is CCC(=O)COc1ccc(Cl)c2ccccc12. The molecule has 0 heterocycles.